The first-order valence-corrected chi connectivity index (χ1v) is 13.0. The summed E-state index contributed by atoms with van der Waals surface area (Å²) in [6, 6.07) is 0. The van der Waals surface area contributed by atoms with Crippen LogP contribution in [0.4, 0.5) is 4.79 Å². The first-order chi connectivity index (χ1) is 19.1. The molecule has 41 heavy (non-hydrogen) atoms. The quantitative estimate of drug-likeness (QED) is 0.283. The molecule has 0 aromatic heterocycles. The molecule has 0 saturated carbocycles. The summed E-state index contributed by atoms with van der Waals surface area (Å²) >= 11 is 0. The van der Waals surface area contributed by atoms with Crippen LogP contribution in [0.5, 0.6) is 0 Å². The van der Waals surface area contributed by atoms with Gasteiger partial charge in [0, 0.05) is 44.6 Å². The summed E-state index contributed by atoms with van der Waals surface area (Å²) in [7, 11) is 4.00. The van der Waals surface area contributed by atoms with Crippen LogP contribution in [0.1, 0.15) is 40.5 Å². The van der Waals surface area contributed by atoms with Crippen LogP contribution >= 0.6 is 0 Å². The van der Waals surface area contributed by atoms with Crippen LogP contribution in [-0.4, -0.2) is 85.1 Å². The van der Waals surface area contributed by atoms with E-state index in [0.717, 1.165) is 6.08 Å². The second-order valence-electron chi connectivity index (χ2n) is 10.4. The molecule has 1 unspecified atom stereocenters. The first kappa shape index (κ1) is 33.6. The summed E-state index contributed by atoms with van der Waals surface area (Å²) in [5.41, 5.74) is 3.96. The Morgan fingerprint density at radius 1 is 1.15 bits per heavy atom. The minimum atomic E-state index is -1.65. The van der Waals surface area contributed by atoms with Gasteiger partial charge in [0.2, 0.25) is 11.6 Å². The van der Waals surface area contributed by atoms with E-state index in [1.165, 1.54) is 47.3 Å². The SMILES string of the molecule is COC1=C2CC(C)(O)C[C@H](OC)[C@H](O)[C@@H](C)/C=C(\C)[C@H](OC(N)=O)[C@@H](OC)/C=C\C=C(/C)C(=O)NC(=CC1=O)C2=O. The van der Waals surface area contributed by atoms with Crippen LogP contribution in [0.3, 0.4) is 0 Å². The van der Waals surface area contributed by atoms with E-state index in [1.54, 1.807) is 26.0 Å². The number of ketones is 2. The van der Waals surface area contributed by atoms with Crippen LogP contribution in [0.15, 0.2) is 58.6 Å². The highest BCUT2D eigenvalue weighted by molar-refractivity contribution is 6.23. The third-order valence-corrected chi connectivity index (χ3v) is 6.96. The number of fused-ring (bicyclic) bond motifs is 2. The first-order valence-electron chi connectivity index (χ1n) is 13.0. The molecule has 0 saturated heterocycles. The Bertz CT molecular complexity index is 1190. The predicted octanol–water partition coefficient (Wildman–Crippen LogP) is 1.52. The number of aliphatic hydroxyl groups is 2. The van der Waals surface area contributed by atoms with E-state index in [9.17, 15) is 29.4 Å². The van der Waals surface area contributed by atoms with Gasteiger partial charge in [-0.3, -0.25) is 14.4 Å². The molecule has 1 heterocycles. The lowest BCUT2D eigenvalue weighted by Gasteiger charge is -2.33. The Balaban J connectivity index is 2.66. The van der Waals surface area contributed by atoms with E-state index in [-0.39, 0.29) is 35.4 Å². The van der Waals surface area contributed by atoms with Gasteiger partial charge in [-0.1, -0.05) is 31.2 Å². The predicted molar refractivity (Wildman–Crippen MR) is 148 cm³/mol. The van der Waals surface area contributed by atoms with Gasteiger partial charge in [0.1, 0.15) is 6.10 Å². The topological polar surface area (TPSA) is 184 Å². The number of rotatable bonds is 4. The van der Waals surface area contributed by atoms with Gasteiger partial charge in [-0.2, -0.15) is 0 Å². The summed E-state index contributed by atoms with van der Waals surface area (Å²) < 4.78 is 21.5. The number of hydrogen-bond donors (Lipinski definition) is 4. The number of carbonyl (C=O) groups is 4. The van der Waals surface area contributed by atoms with Crippen LogP contribution in [0.25, 0.3) is 0 Å². The fraction of sp³-hybridized carbons (Fsp3) is 0.517. The maximum atomic E-state index is 13.4. The summed E-state index contributed by atoms with van der Waals surface area (Å²) in [6.45, 7) is 6.33. The average molecular weight is 577 g/mol. The van der Waals surface area contributed by atoms with Crippen LogP contribution in [0, 0.1) is 5.92 Å². The van der Waals surface area contributed by atoms with Crippen molar-refractivity contribution in [3.63, 3.8) is 0 Å². The number of ether oxygens (including phenoxy) is 4. The number of allylic oxidation sites excluding steroid dienone is 4. The number of aliphatic hydroxyl groups excluding tert-OH is 1. The van der Waals surface area contributed by atoms with Crippen molar-refractivity contribution in [2.45, 2.75) is 70.6 Å². The zero-order chi connectivity index (χ0) is 31.1. The van der Waals surface area contributed by atoms with Crippen molar-refractivity contribution in [1.82, 2.24) is 5.32 Å². The number of hydrogen-bond acceptors (Lipinski definition) is 10. The molecule has 0 aromatic carbocycles. The number of nitrogens with one attached hydrogen (secondary N) is 1. The third kappa shape index (κ3) is 8.70. The van der Waals surface area contributed by atoms with Gasteiger partial charge in [-0.05, 0) is 26.3 Å². The number of amides is 2. The van der Waals surface area contributed by atoms with Crippen molar-refractivity contribution in [2.75, 3.05) is 21.3 Å². The molecule has 0 spiro atoms. The molecule has 1 aliphatic heterocycles. The average Bonchev–Trinajstić information content (AvgIpc) is 2.90. The highest BCUT2D eigenvalue weighted by atomic mass is 16.6. The summed E-state index contributed by atoms with van der Waals surface area (Å²) in [5, 5.41) is 24.9. The zero-order valence-corrected chi connectivity index (χ0v) is 24.4. The highest BCUT2D eigenvalue weighted by Crippen LogP contribution is 2.32. The molecule has 0 radical (unpaired) electrons. The molecule has 2 rings (SSSR count). The van der Waals surface area contributed by atoms with E-state index >= 15 is 0 Å². The molecule has 6 atom stereocenters. The third-order valence-electron chi connectivity index (χ3n) is 6.96. The van der Waals surface area contributed by atoms with Gasteiger partial charge >= 0.3 is 6.09 Å². The highest BCUT2D eigenvalue weighted by Gasteiger charge is 2.38. The van der Waals surface area contributed by atoms with Crippen molar-refractivity contribution in [1.29, 1.82) is 0 Å². The van der Waals surface area contributed by atoms with E-state index in [2.05, 4.69) is 5.32 Å². The van der Waals surface area contributed by atoms with E-state index in [4.69, 9.17) is 24.7 Å². The smallest absolute Gasteiger partial charge is 0.405 e. The van der Waals surface area contributed by atoms with Crippen LogP contribution < -0.4 is 11.1 Å². The molecule has 12 nitrogen and oxygen atoms in total. The number of carbonyl (C=O) groups excluding carboxylic acids is 4. The van der Waals surface area contributed by atoms with E-state index in [0.29, 0.717) is 5.57 Å². The van der Waals surface area contributed by atoms with Crippen molar-refractivity contribution in [3.8, 4) is 0 Å². The number of primary amides is 1. The van der Waals surface area contributed by atoms with Gasteiger partial charge in [0.05, 0.1) is 36.2 Å². The Morgan fingerprint density at radius 2 is 1.80 bits per heavy atom. The van der Waals surface area contributed by atoms with E-state index in [1.807, 2.05) is 0 Å². The molecule has 1 aliphatic carbocycles. The lowest BCUT2D eigenvalue weighted by atomic mass is 9.83. The number of methoxy groups -OCH3 is 3. The van der Waals surface area contributed by atoms with Crippen molar-refractivity contribution in [2.24, 2.45) is 11.7 Å². The maximum absolute atomic E-state index is 13.4. The summed E-state index contributed by atoms with van der Waals surface area (Å²) in [6.07, 6.45) is 1.79. The fourth-order valence-corrected chi connectivity index (χ4v) is 4.78. The van der Waals surface area contributed by atoms with Gasteiger partial charge in [-0.15, -0.1) is 0 Å². The Hall–Kier alpha value is -3.58. The van der Waals surface area contributed by atoms with Crippen LogP contribution in [-0.2, 0) is 33.3 Å². The van der Waals surface area contributed by atoms with Gasteiger partial charge in [-0.25, -0.2) is 4.79 Å². The van der Waals surface area contributed by atoms with Crippen LogP contribution in [0.2, 0.25) is 0 Å². The normalized spacial score (nSPS) is 34.0. The fourth-order valence-electron chi connectivity index (χ4n) is 4.78. The largest absolute Gasteiger partial charge is 0.492 e. The van der Waals surface area contributed by atoms with Crippen molar-refractivity contribution < 1.29 is 48.3 Å². The van der Waals surface area contributed by atoms with E-state index < -0.39 is 59.5 Å². The minimum Gasteiger partial charge on any atom is -0.492 e. The Labute approximate surface area is 239 Å². The molecule has 2 bridgehead atoms. The molecule has 2 aliphatic rings. The molecule has 226 valence electrons. The molecular formula is C29H40N2O10. The lowest BCUT2D eigenvalue weighted by Crippen LogP contribution is -2.42. The standard InChI is InChI=1S/C29H40N2O10/c1-15-9-8-10-21(38-5)25(41-28(30)36)17(3)11-16(2)23(33)22(39-6)14-29(4,37)13-18-24(34)19(31-27(15)35)12-20(32)26(18)40-7/h8-12,16,21-23,25,33,37H,13-14H2,1-7H3,(H2,30,36)(H,31,35)/b10-8-,15-9+,17-11+/t16-,21-,22-,23+,25-,29?/m0/s1. The molecule has 2 amide bonds. The second-order valence-corrected chi connectivity index (χ2v) is 10.4. The molecule has 5 N–H and O–H groups in total. The minimum absolute atomic E-state index is 0.123. The van der Waals surface area contributed by atoms with Crippen molar-refractivity contribution >= 4 is 23.6 Å². The van der Waals surface area contributed by atoms with Crippen molar-refractivity contribution in [3.05, 3.63) is 58.6 Å². The molecular weight excluding hydrogens is 536 g/mol. The Kier molecular flexibility index (Phi) is 11.8. The lowest BCUT2D eigenvalue weighted by molar-refractivity contribution is -0.121. The van der Waals surface area contributed by atoms with Gasteiger partial charge in [0.25, 0.3) is 5.91 Å². The number of Topliss-reactive ketones (excluding diaryl/α,β-unsaturated/α-hetero) is 1. The maximum Gasteiger partial charge on any atom is 0.405 e. The Morgan fingerprint density at radius 3 is 2.37 bits per heavy atom. The van der Waals surface area contributed by atoms with Gasteiger partial charge in [0.15, 0.2) is 11.9 Å². The zero-order valence-electron chi connectivity index (χ0n) is 24.4. The molecule has 0 fully saturated rings. The molecule has 0 aromatic rings. The number of nitrogens with two attached hydrogens (primary N) is 1. The van der Waals surface area contributed by atoms with Gasteiger partial charge < -0.3 is 40.2 Å². The summed E-state index contributed by atoms with van der Waals surface area (Å²) in [4.78, 5) is 50.7. The monoisotopic (exact) mass is 576 g/mol. The summed E-state index contributed by atoms with van der Waals surface area (Å²) in [5.74, 6) is -2.81. The molecule has 12 heteroatoms. The second kappa shape index (κ2) is 14.4.